The van der Waals surface area contributed by atoms with Crippen LogP contribution in [0.1, 0.15) is 0 Å². The van der Waals surface area contributed by atoms with Crippen molar-refractivity contribution in [2.75, 3.05) is 0 Å². The Morgan fingerprint density at radius 3 is 0.500 bits per heavy atom. The lowest BCUT2D eigenvalue weighted by Crippen LogP contribution is -2.00. The van der Waals surface area contributed by atoms with Gasteiger partial charge in [-0.05, 0) is 0 Å². The molecule has 0 aliphatic rings. The van der Waals surface area contributed by atoms with Crippen molar-refractivity contribution in [3.63, 3.8) is 0 Å². The SMILES string of the molecule is FC(=C(F)C(F)F)C(F)F.FC(=C(F)C(F)F)C(F)F. The number of hydrogen-bond acceptors (Lipinski definition) is 0. The maximum absolute atomic E-state index is 11.4. The molecule has 0 bridgehead atoms. The maximum atomic E-state index is 11.4. The molecule has 0 unspecified atom stereocenters. The molecule has 0 aliphatic carbocycles. The fourth-order valence-corrected chi connectivity index (χ4v) is 0.417. The summed E-state index contributed by atoms with van der Waals surface area (Å²) >= 11 is 0. The molecule has 120 valence electrons. The van der Waals surface area contributed by atoms with E-state index in [1.807, 2.05) is 0 Å². The topological polar surface area (TPSA) is 0 Å². The predicted octanol–water partition coefficient (Wildman–Crippen LogP) is 5.33. The highest BCUT2D eigenvalue weighted by atomic mass is 19.3. The van der Waals surface area contributed by atoms with Crippen molar-refractivity contribution in [1.29, 1.82) is 0 Å². The maximum Gasteiger partial charge on any atom is 0.292 e. The van der Waals surface area contributed by atoms with Crippen molar-refractivity contribution in [2.24, 2.45) is 0 Å². The van der Waals surface area contributed by atoms with E-state index in [1.165, 1.54) is 0 Å². The summed E-state index contributed by atoms with van der Waals surface area (Å²) in [6, 6.07) is 0. The van der Waals surface area contributed by atoms with Crippen LogP contribution in [-0.4, -0.2) is 25.7 Å². The number of hydrogen-bond donors (Lipinski definition) is 0. The van der Waals surface area contributed by atoms with E-state index >= 15 is 0 Å². The van der Waals surface area contributed by atoms with Gasteiger partial charge >= 0.3 is 0 Å². The normalized spacial score (nSPS) is 14.4. The van der Waals surface area contributed by atoms with Crippen LogP contribution in [0, 0.1) is 0 Å². The third-order valence-electron chi connectivity index (χ3n) is 1.22. The summed E-state index contributed by atoms with van der Waals surface area (Å²) in [6.07, 6.45) is -15.2. The lowest BCUT2D eigenvalue weighted by atomic mass is 10.4. The van der Waals surface area contributed by atoms with E-state index in [0.29, 0.717) is 0 Å². The number of allylic oxidation sites excluding steroid dienone is 4. The van der Waals surface area contributed by atoms with Crippen molar-refractivity contribution in [3.05, 3.63) is 23.3 Å². The van der Waals surface area contributed by atoms with E-state index < -0.39 is 49.0 Å². The van der Waals surface area contributed by atoms with Gasteiger partial charge in [0, 0.05) is 0 Å². The first-order valence-corrected chi connectivity index (χ1v) is 4.16. The molecule has 0 radical (unpaired) electrons. The number of halogens is 12. The summed E-state index contributed by atoms with van der Waals surface area (Å²) in [4.78, 5) is 0. The molecule has 0 fully saturated rings. The van der Waals surface area contributed by atoms with E-state index in [-0.39, 0.29) is 0 Å². The highest BCUT2D eigenvalue weighted by Crippen LogP contribution is 2.22. The molecule has 0 heterocycles. The molecule has 0 aliphatic heterocycles. The van der Waals surface area contributed by atoms with Gasteiger partial charge in [0.05, 0.1) is 0 Å². The fraction of sp³-hybridized carbons (Fsp3) is 0.500. The minimum absolute atomic E-state index is 2.70. The first-order chi connectivity index (χ1) is 8.93. The highest BCUT2D eigenvalue weighted by molar-refractivity contribution is 5.04. The number of rotatable bonds is 4. The minimum Gasteiger partial charge on any atom is -0.202 e. The molecule has 0 amide bonds. The van der Waals surface area contributed by atoms with Crippen LogP contribution < -0.4 is 0 Å². The molecular formula is C8H4F12. The first kappa shape index (κ1) is 20.9. The van der Waals surface area contributed by atoms with E-state index in [9.17, 15) is 52.7 Å². The molecule has 12 heteroatoms. The third kappa shape index (κ3) is 7.94. The van der Waals surface area contributed by atoms with Gasteiger partial charge in [-0.25, -0.2) is 52.7 Å². The molecule has 0 spiro atoms. The van der Waals surface area contributed by atoms with Crippen LogP contribution in [0.2, 0.25) is 0 Å². The molecule has 0 saturated heterocycles. The molecule has 0 aromatic rings. The Morgan fingerprint density at radius 2 is 0.450 bits per heavy atom. The Hall–Kier alpha value is -1.36. The molecule has 0 atom stereocenters. The second-order valence-corrected chi connectivity index (χ2v) is 2.59. The van der Waals surface area contributed by atoms with Gasteiger partial charge < -0.3 is 0 Å². The van der Waals surface area contributed by atoms with Crippen LogP contribution in [0.25, 0.3) is 0 Å². The number of alkyl halides is 8. The zero-order valence-electron chi connectivity index (χ0n) is 8.84. The standard InChI is InChI=1S/2C4H2F6/c2*5-1(3(7)8)2(6)4(9)10/h2*3-4H. The van der Waals surface area contributed by atoms with Crippen molar-refractivity contribution in [3.8, 4) is 0 Å². The molecule has 0 nitrogen and oxygen atoms in total. The van der Waals surface area contributed by atoms with Gasteiger partial charge in [-0.15, -0.1) is 0 Å². The van der Waals surface area contributed by atoms with E-state index in [2.05, 4.69) is 0 Å². The molecule has 0 N–H and O–H groups in total. The summed E-state index contributed by atoms with van der Waals surface area (Å²) in [5, 5.41) is 0. The average Bonchev–Trinajstić information content (AvgIpc) is 2.35. The van der Waals surface area contributed by atoms with E-state index in [1.54, 1.807) is 0 Å². The third-order valence-corrected chi connectivity index (χ3v) is 1.22. The van der Waals surface area contributed by atoms with Crippen molar-refractivity contribution < 1.29 is 52.7 Å². The van der Waals surface area contributed by atoms with Crippen LogP contribution in [0.5, 0.6) is 0 Å². The summed E-state index contributed by atoms with van der Waals surface area (Å²) in [5.74, 6) is -10.8. The van der Waals surface area contributed by atoms with Gasteiger partial charge in [0.1, 0.15) is 0 Å². The van der Waals surface area contributed by atoms with Crippen molar-refractivity contribution in [1.82, 2.24) is 0 Å². The lowest BCUT2D eigenvalue weighted by molar-refractivity contribution is 0.118. The lowest BCUT2D eigenvalue weighted by Gasteiger charge is -1.96. The van der Waals surface area contributed by atoms with Gasteiger partial charge in [-0.3, -0.25) is 0 Å². The van der Waals surface area contributed by atoms with Gasteiger partial charge in [-0.1, -0.05) is 0 Å². The average molecular weight is 328 g/mol. The Bertz CT molecular complexity index is 275. The van der Waals surface area contributed by atoms with E-state index in [0.717, 1.165) is 0 Å². The molecule has 0 aromatic heterocycles. The van der Waals surface area contributed by atoms with Gasteiger partial charge in [0.2, 0.25) is 23.3 Å². The quantitative estimate of drug-likeness (QED) is 0.612. The van der Waals surface area contributed by atoms with Gasteiger partial charge in [0.25, 0.3) is 25.7 Å². The van der Waals surface area contributed by atoms with E-state index in [4.69, 9.17) is 0 Å². The fourth-order valence-electron chi connectivity index (χ4n) is 0.417. The largest absolute Gasteiger partial charge is 0.292 e. The summed E-state index contributed by atoms with van der Waals surface area (Å²) in [6.45, 7) is 0. The minimum atomic E-state index is -3.81. The summed E-state index contributed by atoms with van der Waals surface area (Å²) < 4.78 is 134. The van der Waals surface area contributed by atoms with Crippen molar-refractivity contribution in [2.45, 2.75) is 25.7 Å². The van der Waals surface area contributed by atoms with Crippen LogP contribution in [0.4, 0.5) is 52.7 Å². The predicted molar refractivity (Wildman–Crippen MR) is 42.5 cm³/mol. The molecular weight excluding hydrogens is 324 g/mol. The molecule has 0 aromatic carbocycles. The van der Waals surface area contributed by atoms with Crippen LogP contribution in [0.3, 0.4) is 0 Å². The van der Waals surface area contributed by atoms with Gasteiger partial charge in [0.15, 0.2) is 0 Å². The molecule has 20 heavy (non-hydrogen) atoms. The van der Waals surface area contributed by atoms with Gasteiger partial charge in [-0.2, -0.15) is 0 Å². The summed E-state index contributed by atoms with van der Waals surface area (Å²) in [5.41, 5.74) is 0. The second-order valence-electron chi connectivity index (χ2n) is 2.59. The smallest absolute Gasteiger partial charge is 0.202 e. The molecule has 0 rings (SSSR count). The first-order valence-electron chi connectivity index (χ1n) is 4.16. The monoisotopic (exact) mass is 328 g/mol. The highest BCUT2D eigenvalue weighted by Gasteiger charge is 2.24. The second kappa shape index (κ2) is 9.53. The molecule has 0 saturated carbocycles. The zero-order valence-corrected chi connectivity index (χ0v) is 8.84. The Kier molecular flexibility index (Phi) is 9.98. The van der Waals surface area contributed by atoms with Crippen LogP contribution >= 0.6 is 0 Å². The summed E-state index contributed by atoms with van der Waals surface area (Å²) in [7, 11) is 0. The Labute approximate surface area is 103 Å². The van der Waals surface area contributed by atoms with Crippen molar-refractivity contribution >= 4 is 0 Å². The zero-order chi connectivity index (χ0) is 16.6. The van der Waals surface area contributed by atoms with Crippen LogP contribution in [0.15, 0.2) is 23.3 Å². The van der Waals surface area contributed by atoms with Crippen LogP contribution in [-0.2, 0) is 0 Å². The Balaban J connectivity index is 0. The Morgan fingerprint density at radius 1 is 0.350 bits per heavy atom.